The number of nitrogens with one attached hydrogen (secondary N) is 1. The number of amides is 1. The zero-order valence-corrected chi connectivity index (χ0v) is 12.1. The Morgan fingerprint density at radius 2 is 1.72 bits per heavy atom. The highest BCUT2D eigenvalue weighted by Gasteiger charge is 2.30. The van der Waals surface area contributed by atoms with Crippen molar-refractivity contribution >= 4 is 5.91 Å². The molecule has 2 aliphatic rings. The molecule has 0 aromatic carbocycles. The maximum atomic E-state index is 12.5. The smallest absolute Gasteiger partial charge is 0.226 e. The van der Waals surface area contributed by atoms with E-state index in [9.17, 15) is 4.79 Å². The Labute approximate surface area is 111 Å². The fourth-order valence-corrected chi connectivity index (χ4v) is 3.31. The van der Waals surface area contributed by atoms with Gasteiger partial charge in [0.1, 0.15) is 0 Å². The van der Waals surface area contributed by atoms with E-state index in [2.05, 4.69) is 19.2 Å². The number of nitrogens with zero attached hydrogens (tertiary/aromatic N) is 1. The van der Waals surface area contributed by atoms with Crippen LogP contribution in [0.25, 0.3) is 0 Å². The number of hydrogen-bond donors (Lipinski definition) is 1. The molecule has 3 heteroatoms. The molecule has 0 aromatic rings. The van der Waals surface area contributed by atoms with Gasteiger partial charge in [-0.05, 0) is 51.4 Å². The van der Waals surface area contributed by atoms with Gasteiger partial charge in [-0.3, -0.25) is 4.79 Å². The molecule has 2 atom stereocenters. The van der Waals surface area contributed by atoms with E-state index in [1.54, 1.807) is 0 Å². The topological polar surface area (TPSA) is 32.3 Å². The van der Waals surface area contributed by atoms with Crippen molar-refractivity contribution in [2.45, 2.75) is 64.5 Å². The van der Waals surface area contributed by atoms with Crippen LogP contribution in [0, 0.1) is 11.8 Å². The summed E-state index contributed by atoms with van der Waals surface area (Å²) in [6, 6.07) is 1.07. The van der Waals surface area contributed by atoms with Crippen LogP contribution in [0.5, 0.6) is 0 Å². The molecule has 0 aromatic heterocycles. The summed E-state index contributed by atoms with van der Waals surface area (Å²) in [5.74, 6) is 1.43. The molecular formula is C15H28N2O. The third-order valence-corrected chi connectivity index (χ3v) is 4.89. The standard InChI is InChI=1S/C15H28N2O/c1-11-4-8-14(9-5-11)17(3)15(18)13-7-6-12(2)16-10-13/h11-14,16H,4-10H2,1-3H3. The second-order valence-corrected chi connectivity index (χ2v) is 6.45. The highest BCUT2D eigenvalue weighted by atomic mass is 16.2. The van der Waals surface area contributed by atoms with Gasteiger partial charge in [0.2, 0.25) is 5.91 Å². The van der Waals surface area contributed by atoms with Gasteiger partial charge in [-0.1, -0.05) is 6.92 Å². The van der Waals surface area contributed by atoms with Gasteiger partial charge >= 0.3 is 0 Å². The van der Waals surface area contributed by atoms with Crippen molar-refractivity contribution in [3.8, 4) is 0 Å². The van der Waals surface area contributed by atoms with Gasteiger partial charge in [-0.15, -0.1) is 0 Å². The Morgan fingerprint density at radius 1 is 1.06 bits per heavy atom. The van der Waals surface area contributed by atoms with Crippen LogP contribution in [-0.2, 0) is 4.79 Å². The molecule has 2 fully saturated rings. The summed E-state index contributed by atoms with van der Waals surface area (Å²) in [4.78, 5) is 14.5. The first-order valence-corrected chi connectivity index (χ1v) is 7.58. The summed E-state index contributed by atoms with van der Waals surface area (Å²) < 4.78 is 0. The maximum absolute atomic E-state index is 12.5. The first-order valence-electron chi connectivity index (χ1n) is 7.58. The number of rotatable bonds is 2. The molecule has 2 unspecified atom stereocenters. The van der Waals surface area contributed by atoms with Crippen LogP contribution in [0.4, 0.5) is 0 Å². The van der Waals surface area contributed by atoms with Crippen molar-refractivity contribution in [1.29, 1.82) is 0 Å². The molecule has 1 saturated heterocycles. The van der Waals surface area contributed by atoms with Crippen LogP contribution >= 0.6 is 0 Å². The average Bonchev–Trinajstić information content (AvgIpc) is 2.39. The summed E-state index contributed by atoms with van der Waals surface area (Å²) in [6.07, 6.45) is 7.14. The zero-order valence-electron chi connectivity index (χ0n) is 12.1. The predicted molar refractivity (Wildman–Crippen MR) is 74.4 cm³/mol. The molecule has 0 spiro atoms. The highest BCUT2D eigenvalue weighted by molar-refractivity contribution is 5.79. The van der Waals surface area contributed by atoms with E-state index in [4.69, 9.17) is 0 Å². The van der Waals surface area contributed by atoms with E-state index >= 15 is 0 Å². The summed E-state index contributed by atoms with van der Waals surface area (Å²) >= 11 is 0. The van der Waals surface area contributed by atoms with Crippen LogP contribution < -0.4 is 5.32 Å². The lowest BCUT2D eigenvalue weighted by atomic mass is 9.86. The van der Waals surface area contributed by atoms with Gasteiger partial charge in [0.05, 0.1) is 5.92 Å². The van der Waals surface area contributed by atoms with Crippen molar-refractivity contribution in [3.63, 3.8) is 0 Å². The number of hydrogen-bond acceptors (Lipinski definition) is 2. The minimum atomic E-state index is 0.213. The van der Waals surface area contributed by atoms with Gasteiger partial charge < -0.3 is 10.2 Å². The van der Waals surface area contributed by atoms with Gasteiger partial charge in [-0.25, -0.2) is 0 Å². The van der Waals surface area contributed by atoms with E-state index in [1.807, 2.05) is 11.9 Å². The number of piperidine rings is 1. The molecule has 1 N–H and O–H groups in total. The molecule has 18 heavy (non-hydrogen) atoms. The first kappa shape index (κ1) is 13.9. The maximum Gasteiger partial charge on any atom is 0.226 e. The Hall–Kier alpha value is -0.570. The van der Waals surface area contributed by atoms with Crippen LogP contribution in [0.2, 0.25) is 0 Å². The van der Waals surface area contributed by atoms with E-state index in [1.165, 1.54) is 25.7 Å². The summed E-state index contributed by atoms with van der Waals surface area (Å²) in [6.45, 7) is 5.39. The monoisotopic (exact) mass is 252 g/mol. The first-order chi connectivity index (χ1) is 8.58. The number of carbonyl (C=O) groups is 1. The largest absolute Gasteiger partial charge is 0.342 e. The van der Waals surface area contributed by atoms with Crippen LogP contribution in [-0.4, -0.2) is 36.5 Å². The van der Waals surface area contributed by atoms with Crippen molar-refractivity contribution in [2.75, 3.05) is 13.6 Å². The lowest BCUT2D eigenvalue weighted by Gasteiger charge is -2.37. The summed E-state index contributed by atoms with van der Waals surface area (Å²) in [5, 5.41) is 3.43. The summed E-state index contributed by atoms with van der Waals surface area (Å²) in [7, 11) is 2.01. The Balaban J connectivity index is 1.84. The predicted octanol–water partition coefficient (Wildman–Crippen LogP) is 2.41. The number of carbonyl (C=O) groups excluding carboxylic acids is 1. The van der Waals surface area contributed by atoms with Gasteiger partial charge in [-0.2, -0.15) is 0 Å². The molecule has 0 bridgehead atoms. The molecule has 1 aliphatic heterocycles. The second kappa shape index (κ2) is 6.05. The van der Waals surface area contributed by atoms with E-state index < -0.39 is 0 Å². The minimum Gasteiger partial charge on any atom is -0.342 e. The molecule has 3 nitrogen and oxygen atoms in total. The quantitative estimate of drug-likeness (QED) is 0.818. The van der Waals surface area contributed by atoms with E-state index in [-0.39, 0.29) is 5.92 Å². The second-order valence-electron chi connectivity index (χ2n) is 6.45. The van der Waals surface area contributed by atoms with Crippen molar-refractivity contribution < 1.29 is 4.79 Å². The van der Waals surface area contributed by atoms with Crippen LogP contribution in [0.3, 0.4) is 0 Å². The molecule has 1 saturated carbocycles. The highest BCUT2D eigenvalue weighted by Crippen LogP contribution is 2.28. The fraction of sp³-hybridized carbons (Fsp3) is 0.933. The average molecular weight is 252 g/mol. The lowest BCUT2D eigenvalue weighted by Crippen LogP contribution is -2.48. The zero-order chi connectivity index (χ0) is 13.1. The Morgan fingerprint density at radius 3 is 2.28 bits per heavy atom. The van der Waals surface area contributed by atoms with Gasteiger partial charge in [0.25, 0.3) is 0 Å². The van der Waals surface area contributed by atoms with Crippen LogP contribution in [0.1, 0.15) is 52.4 Å². The minimum absolute atomic E-state index is 0.213. The molecule has 1 heterocycles. The fourth-order valence-electron chi connectivity index (χ4n) is 3.31. The lowest BCUT2D eigenvalue weighted by molar-refractivity contribution is -0.137. The van der Waals surface area contributed by atoms with E-state index in [0.29, 0.717) is 18.0 Å². The Bertz CT molecular complexity index is 276. The molecule has 1 amide bonds. The van der Waals surface area contributed by atoms with E-state index in [0.717, 1.165) is 25.3 Å². The third-order valence-electron chi connectivity index (χ3n) is 4.89. The third kappa shape index (κ3) is 3.25. The normalized spacial score (nSPS) is 37.3. The SMILES string of the molecule is CC1CCC(N(C)C(=O)C2CCC(C)NC2)CC1. The van der Waals surface area contributed by atoms with Gasteiger partial charge in [0.15, 0.2) is 0 Å². The molecule has 104 valence electrons. The van der Waals surface area contributed by atoms with Gasteiger partial charge in [0, 0.05) is 25.7 Å². The molecule has 2 rings (SSSR count). The molecule has 0 radical (unpaired) electrons. The van der Waals surface area contributed by atoms with Crippen molar-refractivity contribution in [2.24, 2.45) is 11.8 Å². The van der Waals surface area contributed by atoms with Crippen LogP contribution in [0.15, 0.2) is 0 Å². The van der Waals surface area contributed by atoms with Crippen molar-refractivity contribution in [3.05, 3.63) is 0 Å². The Kier molecular flexibility index (Phi) is 4.66. The molecular weight excluding hydrogens is 224 g/mol. The summed E-state index contributed by atoms with van der Waals surface area (Å²) in [5.41, 5.74) is 0. The van der Waals surface area contributed by atoms with Crippen molar-refractivity contribution in [1.82, 2.24) is 10.2 Å². The molecule has 1 aliphatic carbocycles.